The Labute approximate surface area is 123 Å². The Kier molecular flexibility index (Phi) is 4.42. The number of carbonyl (C=O) groups excluding carboxylic acids is 1. The first-order valence-corrected chi connectivity index (χ1v) is 6.72. The van der Waals surface area contributed by atoms with Crippen LogP contribution in [0.15, 0.2) is 42.5 Å². The van der Waals surface area contributed by atoms with Crippen LogP contribution in [0.4, 0.5) is 5.69 Å². The minimum Gasteiger partial charge on any atom is -0.389 e. The van der Waals surface area contributed by atoms with Gasteiger partial charge in [-0.25, -0.2) is 0 Å². The second-order valence-electron chi connectivity index (χ2n) is 4.63. The van der Waals surface area contributed by atoms with Crippen molar-refractivity contribution in [2.45, 2.75) is 20.0 Å². The molecule has 0 aromatic heterocycles. The number of hydrogen-bond acceptors (Lipinski definition) is 2. The quantitative estimate of drug-likeness (QED) is 0.899. The van der Waals surface area contributed by atoms with E-state index in [1.807, 2.05) is 12.1 Å². The number of amides is 1. The number of hydrogen-bond donors (Lipinski definition) is 2. The molecule has 2 aromatic carbocycles. The van der Waals surface area contributed by atoms with Gasteiger partial charge in [-0.3, -0.25) is 4.79 Å². The average Bonchev–Trinajstić information content (AvgIpc) is 2.42. The van der Waals surface area contributed by atoms with Gasteiger partial charge >= 0.3 is 0 Å². The minimum atomic E-state index is -0.646. The molecule has 2 rings (SSSR count). The molecule has 0 bridgehead atoms. The minimum absolute atomic E-state index is 0.238. The van der Waals surface area contributed by atoms with E-state index in [0.29, 0.717) is 21.8 Å². The molecule has 0 spiro atoms. The Balaban J connectivity index is 2.31. The Morgan fingerprint density at radius 2 is 1.90 bits per heavy atom. The molecule has 0 aliphatic carbocycles. The Morgan fingerprint density at radius 3 is 2.60 bits per heavy atom. The summed E-state index contributed by atoms with van der Waals surface area (Å²) >= 11 is 6.02. The summed E-state index contributed by atoms with van der Waals surface area (Å²) in [5.74, 6) is -0.238. The molecule has 4 heteroatoms. The number of para-hydroxylation sites is 1. The molecule has 1 atom stereocenters. The summed E-state index contributed by atoms with van der Waals surface area (Å²) in [4.78, 5) is 12.3. The second kappa shape index (κ2) is 6.07. The van der Waals surface area contributed by atoms with Gasteiger partial charge in [-0.1, -0.05) is 35.9 Å². The fraction of sp³-hybridized carbons (Fsp3) is 0.188. The highest BCUT2D eigenvalue weighted by Gasteiger charge is 2.14. The lowest BCUT2D eigenvalue weighted by atomic mass is 10.1. The predicted molar refractivity (Wildman–Crippen MR) is 81.2 cm³/mol. The molecule has 0 heterocycles. The van der Waals surface area contributed by atoms with Crippen LogP contribution in [0.3, 0.4) is 0 Å². The van der Waals surface area contributed by atoms with Gasteiger partial charge < -0.3 is 10.4 Å². The number of nitrogens with one attached hydrogen (secondary N) is 1. The van der Waals surface area contributed by atoms with E-state index in [4.69, 9.17) is 11.6 Å². The van der Waals surface area contributed by atoms with Crippen LogP contribution in [-0.2, 0) is 0 Å². The number of benzene rings is 2. The summed E-state index contributed by atoms with van der Waals surface area (Å²) in [7, 11) is 0. The lowest BCUT2D eigenvalue weighted by Gasteiger charge is -2.14. The average molecular weight is 290 g/mol. The van der Waals surface area contributed by atoms with Gasteiger partial charge in [0.05, 0.1) is 6.10 Å². The molecule has 0 radical (unpaired) electrons. The largest absolute Gasteiger partial charge is 0.389 e. The number of halogens is 1. The molecular formula is C16H16ClNO2. The fourth-order valence-electron chi connectivity index (χ4n) is 2.02. The molecule has 1 amide bonds. The molecular weight excluding hydrogens is 274 g/mol. The van der Waals surface area contributed by atoms with E-state index in [1.165, 1.54) is 0 Å². The van der Waals surface area contributed by atoms with Crippen molar-refractivity contribution in [1.82, 2.24) is 0 Å². The highest BCUT2D eigenvalue weighted by atomic mass is 35.5. The molecule has 2 N–H and O–H groups in total. The summed E-state index contributed by atoms with van der Waals surface area (Å²) < 4.78 is 0. The number of carbonyl (C=O) groups is 1. The Hall–Kier alpha value is -1.84. The Bertz CT molecular complexity index is 638. The summed E-state index contributed by atoms with van der Waals surface area (Å²) in [6.07, 6.45) is -0.646. The van der Waals surface area contributed by atoms with E-state index in [2.05, 4.69) is 5.32 Å². The third-order valence-electron chi connectivity index (χ3n) is 3.17. The predicted octanol–water partition coefficient (Wildman–Crippen LogP) is 3.95. The van der Waals surface area contributed by atoms with Crippen LogP contribution in [0, 0.1) is 6.92 Å². The van der Waals surface area contributed by atoms with Crippen molar-refractivity contribution in [3.8, 4) is 0 Å². The fourth-order valence-corrected chi connectivity index (χ4v) is 2.19. The normalized spacial score (nSPS) is 12.0. The number of aliphatic hydroxyl groups excluding tert-OH is 1. The highest BCUT2D eigenvalue weighted by molar-refractivity contribution is 6.32. The van der Waals surface area contributed by atoms with E-state index in [1.54, 1.807) is 44.2 Å². The van der Waals surface area contributed by atoms with Gasteiger partial charge in [-0.15, -0.1) is 0 Å². The van der Waals surface area contributed by atoms with Crippen molar-refractivity contribution in [2.24, 2.45) is 0 Å². The SMILES string of the molecule is Cc1c(Cl)cccc1C(=O)Nc1ccccc1C(C)O. The maximum atomic E-state index is 12.3. The molecule has 104 valence electrons. The molecule has 0 fully saturated rings. The van der Waals surface area contributed by atoms with Crippen molar-refractivity contribution in [3.63, 3.8) is 0 Å². The Morgan fingerprint density at radius 1 is 1.20 bits per heavy atom. The van der Waals surface area contributed by atoms with Crippen molar-refractivity contribution in [2.75, 3.05) is 5.32 Å². The van der Waals surface area contributed by atoms with Gasteiger partial charge in [0.15, 0.2) is 0 Å². The summed E-state index contributed by atoms with van der Waals surface area (Å²) in [5.41, 5.74) is 2.55. The third kappa shape index (κ3) is 3.00. The summed E-state index contributed by atoms with van der Waals surface area (Å²) in [6, 6.07) is 12.4. The first-order chi connectivity index (χ1) is 9.50. The first kappa shape index (κ1) is 14.6. The summed E-state index contributed by atoms with van der Waals surface area (Å²) in [6.45, 7) is 3.47. The molecule has 1 unspecified atom stereocenters. The zero-order valence-corrected chi connectivity index (χ0v) is 12.1. The van der Waals surface area contributed by atoms with Gasteiger partial charge in [-0.05, 0) is 37.6 Å². The topological polar surface area (TPSA) is 49.3 Å². The van der Waals surface area contributed by atoms with Crippen molar-refractivity contribution < 1.29 is 9.90 Å². The van der Waals surface area contributed by atoms with Gasteiger partial charge in [0.2, 0.25) is 0 Å². The maximum Gasteiger partial charge on any atom is 0.255 e. The monoisotopic (exact) mass is 289 g/mol. The van der Waals surface area contributed by atoms with E-state index in [-0.39, 0.29) is 5.91 Å². The third-order valence-corrected chi connectivity index (χ3v) is 3.58. The van der Waals surface area contributed by atoms with Gasteiger partial charge in [0.1, 0.15) is 0 Å². The number of aliphatic hydroxyl groups is 1. The molecule has 0 saturated heterocycles. The number of rotatable bonds is 3. The van der Waals surface area contributed by atoms with Crippen LogP contribution >= 0.6 is 11.6 Å². The van der Waals surface area contributed by atoms with Gasteiger partial charge in [-0.2, -0.15) is 0 Å². The van der Waals surface area contributed by atoms with E-state index in [0.717, 1.165) is 5.56 Å². The smallest absolute Gasteiger partial charge is 0.255 e. The lowest BCUT2D eigenvalue weighted by Crippen LogP contribution is -2.15. The van der Waals surface area contributed by atoms with Crippen LogP contribution in [0.25, 0.3) is 0 Å². The molecule has 0 aliphatic heterocycles. The number of anilines is 1. The van der Waals surface area contributed by atoms with Gasteiger partial charge in [0.25, 0.3) is 5.91 Å². The zero-order valence-electron chi connectivity index (χ0n) is 11.4. The zero-order chi connectivity index (χ0) is 14.7. The first-order valence-electron chi connectivity index (χ1n) is 6.34. The summed E-state index contributed by atoms with van der Waals surface area (Å²) in [5, 5.41) is 13.1. The van der Waals surface area contributed by atoms with Crippen LogP contribution in [0.5, 0.6) is 0 Å². The maximum absolute atomic E-state index is 12.3. The van der Waals surface area contributed by atoms with Crippen LogP contribution < -0.4 is 5.32 Å². The van der Waals surface area contributed by atoms with Crippen LogP contribution in [-0.4, -0.2) is 11.0 Å². The lowest BCUT2D eigenvalue weighted by molar-refractivity contribution is 0.102. The molecule has 0 saturated carbocycles. The van der Waals surface area contributed by atoms with Crippen molar-refractivity contribution >= 4 is 23.2 Å². The van der Waals surface area contributed by atoms with Gasteiger partial charge in [0, 0.05) is 21.8 Å². The van der Waals surface area contributed by atoms with Crippen LogP contribution in [0.2, 0.25) is 5.02 Å². The molecule has 2 aromatic rings. The molecule has 0 aliphatic rings. The highest BCUT2D eigenvalue weighted by Crippen LogP contribution is 2.24. The second-order valence-corrected chi connectivity index (χ2v) is 5.04. The molecule has 20 heavy (non-hydrogen) atoms. The van der Waals surface area contributed by atoms with Crippen molar-refractivity contribution in [3.05, 3.63) is 64.2 Å². The van der Waals surface area contributed by atoms with E-state index >= 15 is 0 Å². The van der Waals surface area contributed by atoms with Crippen LogP contribution in [0.1, 0.15) is 34.5 Å². The van der Waals surface area contributed by atoms with E-state index in [9.17, 15) is 9.90 Å². The standard InChI is InChI=1S/C16H16ClNO2/c1-10-12(7-5-8-14(10)17)16(20)18-15-9-4-3-6-13(15)11(2)19/h3-9,11,19H,1-2H3,(H,18,20). The van der Waals surface area contributed by atoms with E-state index < -0.39 is 6.10 Å². The molecule has 3 nitrogen and oxygen atoms in total. The van der Waals surface area contributed by atoms with Crippen molar-refractivity contribution in [1.29, 1.82) is 0 Å².